The molecule has 0 spiro atoms. The summed E-state index contributed by atoms with van der Waals surface area (Å²) in [5.74, 6) is 5.41. The van der Waals surface area contributed by atoms with Gasteiger partial charge in [-0.3, -0.25) is 15.1 Å². The summed E-state index contributed by atoms with van der Waals surface area (Å²) in [5, 5.41) is 8.67. The van der Waals surface area contributed by atoms with Crippen LogP contribution in [-0.2, 0) is 0 Å². The number of nitrogens with two attached hydrogens (primary N) is 1. The molecule has 1 amide bonds. The normalized spacial score (nSPS) is 13.8. The van der Waals surface area contributed by atoms with Crippen LogP contribution in [-0.4, -0.2) is 36.5 Å². The summed E-state index contributed by atoms with van der Waals surface area (Å²) in [7, 11) is 0. The molecule has 0 aromatic heterocycles. The summed E-state index contributed by atoms with van der Waals surface area (Å²) in [6.45, 7) is 2.12. The van der Waals surface area contributed by atoms with Crippen molar-refractivity contribution in [2.24, 2.45) is 5.84 Å². The van der Waals surface area contributed by atoms with Gasteiger partial charge in [0.15, 0.2) is 0 Å². The molecule has 1 fully saturated rings. The van der Waals surface area contributed by atoms with E-state index in [-0.39, 0.29) is 5.91 Å². The minimum Gasteiger partial charge on any atom is -0.492 e. The Kier molecular flexibility index (Phi) is 5.55. The second kappa shape index (κ2) is 7.62. The zero-order chi connectivity index (χ0) is 15.1. The molecular formula is C15H20N4O2. The molecule has 0 bridgehead atoms. The van der Waals surface area contributed by atoms with Gasteiger partial charge in [0.25, 0.3) is 5.91 Å². The molecule has 3 N–H and O–H groups in total. The second-order valence-corrected chi connectivity index (χ2v) is 5.03. The molecule has 1 aromatic carbocycles. The second-order valence-electron chi connectivity index (χ2n) is 5.03. The average molecular weight is 288 g/mol. The molecule has 21 heavy (non-hydrogen) atoms. The summed E-state index contributed by atoms with van der Waals surface area (Å²) in [6, 6.07) is 9.70. The number of carbonyl (C=O) groups is 1. The zero-order valence-corrected chi connectivity index (χ0v) is 11.9. The Hall–Kier alpha value is -2.10. The third kappa shape index (κ3) is 4.74. The summed E-state index contributed by atoms with van der Waals surface area (Å²) in [6.07, 6.45) is 2.96. The van der Waals surface area contributed by atoms with E-state index in [9.17, 15) is 4.79 Å². The fourth-order valence-corrected chi connectivity index (χ4v) is 2.20. The van der Waals surface area contributed by atoms with E-state index >= 15 is 0 Å². The van der Waals surface area contributed by atoms with Crippen molar-refractivity contribution in [1.29, 1.82) is 5.26 Å². The Labute approximate surface area is 124 Å². The lowest BCUT2D eigenvalue weighted by Gasteiger charge is -2.20. The van der Waals surface area contributed by atoms with Crippen LogP contribution < -0.4 is 16.0 Å². The lowest BCUT2D eigenvalue weighted by atomic mass is 10.2. The maximum Gasteiger partial charge on any atom is 0.265 e. The van der Waals surface area contributed by atoms with Gasteiger partial charge < -0.3 is 4.74 Å². The Morgan fingerprint density at radius 3 is 2.95 bits per heavy atom. The van der Waals surface area contributed by atoms with Gasteiger partial charge in [-0.15, -0.1) is 0 Å². The minimum atomic E-state index is -0.339. The number of rotatable bonds is 8. The number of hydrazine groups is 1. The van der Waals surface area contributed by atoms with Gasteiger partial charge in [-0.1, -0.05) is 6.07 Å². The first kappa shape index (κ1) is 15.3. The molecule has 0 heterocycles. The van der Waals surface area contributed by atoms with Crippen LogP contribution in [0.1, 0.15) is 29.6 Å². The number of nitrogen functional groups attached to an aromatic ring is 1. The van der Waals surface area contributed by atoms with Crippen molar-refractivity contribution in [3.8, 4) is 11.8 Å². The number of nitriles is 1. The summed E-state index contributed by atoms with van der Waals surface area (Å²) >= 11 is 0. The Balaban J connectivity index is 1.82. The fraction of sp³-hybridized carbons (Fsp3) is 0.467. The molecule has 1 aliphatic carbocycles. The van der Waals surface area contributed by atoms with Crippen molar-refractivity contribution < 1.29 is 9.53 Å². The molecule has 6 heteroatoms. The monoisotopic (exact) mass is 288 g/mol. The summed E-state index contributed by atoms with van der Waals surface area (Å²) in [4.78, 5) is 13.7. The number of carbonyl (C=O) groups excluding carboxylic acids is 1. The molecule has 0 radical (unpaired) electrons. The van der Waals surface area contributed by atoms with Crippen molar-refractivity contribution >= 4 is 5.91 Å². The van der Waals surface area contributed by atoms with E-state index in [4.69, 9.17) is 15.8 Å². The predicted molar refractivity (Wildman–Crippen MR) is 78.4 cm³/mol. The smallest absolute Gasteiger partial charge is 0.265 e. The van der Waals surface area contributed by atoms with Crippen LogP contribution in [0.15, 0.2) is 24.3 Å². The van der Waals surface area contributed by atoms with Crippen molar-refractivity contribution in [2.45, 2.75) is 25.3 Å². The van der Waals surface area contributed by atoms with Crippen LogP contribution in [0.25, 0.3) is 0 Å². The van der Waals surface area contributed by atoms with E-state index in [0.29, 0.717) is 30.4 Å². The van der Waals surface area contributed by atoms with Gasteiger partial charge in [0.05, 0.1) is 6.07 Å². The minimum absolute atomic E-state index is 0.339. The molecule has 1 aliphatic rings. The van der Waals surface area contributed by atoms with Gasteiger partial charge in [0.1, 0.15) is 12.4 Å². The highest BCUT2D eigenvalue weighted by Crippen LogP contribution is 2.26. The highest BCUT2D eigenvalue weighted by molar-refractivity contribution is 5.94. The molecular weight excluding hydrogens is 268 g/mol. The first-order valence-electron chi connectivity index (χ1n) is 7.09. The maximum atomic E-state index is 11.4. The topological polar surface area (TPSA) is 91.4 Å². The number of hydrogen-bond donors (Lipinski definition) is 2. The zero-order valence-electron chi connectivity index (χ0n) is 11.9. The molecule has 112 valence electrons. The molecule has 1 aromatic rings. The largest absolute Gasteiger partial charge is 0.492 e. The van der Waals surface area contributed by atoms with Crippen molar-refractivity contribution in [3.05, 3.63) is 29.8 Å². The van der Waals surface area contributed by atoms with Crippen molar-refractivity contribution in [2.75, 3.05) is 19.7 Å². The van der Waals surface area contributed by atoms with E-state index < -0.39 is 0 Å². The Morgan fingerprint density at radius 2 is 2.29 bits per heavy atom. The molecule has 0 atom stereocenters. The lowest BCUT2D eigenvalue weighted by molar-refractivity contribution is 0.0953. The number of hydrogen-bond acceptors (Lipinski definition) is 5. The predicted octanol–water partition coefficient (Wildman–Crippen LogP) is 1.05. The van der Waals surface area contributed by atoms with Crippen LogP contribution in [0.4, 0.5) is 0 Å². The van der Waals surface area contributed by atoms with E-state index in [2.05, 4.69) is 16.4 Å². The molecule has 6 nitrogen and oxygen atoms in total. The quantitative estimate of drug-likeness (QED) is 0.424. The third-order valence-corrected chi connectivity index (χ3v) is 3.45. The SMILES string of the molecule is N#CCCN(CCOc1cccc(C(=O)NN)c1)C1CC1. The standard InChI is InChI=1S/C15H20N4O2/c16-7-2-8-19(13-5-6-13)9-10-21-14-4-1-3-12(11-14)15(20)18-17/h1,3-4,11,13H,2,5-6,8-10,17H2,(H,18,20). The molecule has 0 aliphatic heterocycles. The van der Waals surface area contributed by atoms with Crippen LogP contribution in [0, 0.1) is 11.3 Å². The first-order chi connectivity index (χ1) is 10.2. The number of ether oxygens (including phenoxy) is 1. The van der Waals surface area contributed by atoms with Crippen molar-refractivity contribution in [1.82, 2.24) is 10.3 Å². The molecule has 0 unspecified atom stereocenters. The number of benzene rings is 1. The van der Waals surface area contributed by atoms with Crippen LogP contribution in [0.5, 0.6) is 5.75 Å². The average Bonchev–Trinajstić information content (AvgIpc) is 3.35. The lowest BCUT2D eigenvalue weighted by Crippen LogP contribution is -2.31. The van der Waals surface area contributed by atoms with E-state index in [1.807, 2.05) is 6.07 Å². The first-order valence-corrected chi connectivity index (χ1v) is 7.09. The van der Waals surface area contributed by atoms with Gasteiger partial charge in [-0.25, -0.2) is 5.84 Å². The van der Waals surface area contributed by atoms with E-state index in [0.717, 1.165) is 13.1 Å². The van der Waals surface area contributed by atoms with Crippen molar-refractivity contribution in [3.63, 3.8) is 0 Å². The van der Waals surface area contributed by atoms with E-state index in [1.54, 1.807) is 18.2 Å². The summed E-state index contributed by atoms with van der Waals surface area (Å²) in [5.41, 5.74) is 2.57. The third-order valence-electron chi connectivity index (χ3n) is 3.45. The molecule has 2 rings (SSSR count). The molecule has 0 saturated heterocycles. The summed E-state index contributed by atoms with van der Waals surface area (Å²) < 4.78 is 5.68. The highest BCUT2D eigenvalue weighted by Gasteiger charge is 2.28. The molecule has 1 saturated carbocycles. The van der Waals surface area contributed by atoms with Gasteiger partial charge in [0.2, 0.25) is 0 Å². The van der Waals surface area contributed by atoms with Gasteiger partial charge in [0, 0.05) is 31.1 Å². The van der Waals surface area contributed by atoms with E-state index in [1.165, 1.54) is 12.8 Å². The van der Waals surface area contributed by atoms with Gasteiger partial charge in [-0.2, -0.15) is 5.26 Å². The Bertz CT molecular complexity index is 523. The highest BCUT2D eigenvalue weighted by atomic mass is 16.5. The van der Waals surface area contributed by atoms with Crippen LogP contribution in [0.2, 0.25) is 0 Å². The van der Waals surface area contributed by atoms with Gasteiger partial charge >= 0.3 is 0 Å². The van der Waals surface area contributed by atoms with Crippen LogP contribution >= 0.6 is 0 Å². The van der Waals surface area contributed by atoms with Crippen LogP contribution in [0.3, 0.4) is 0 Å². The number of nitrogens with zero attached hydrogens (tertiary/aromatic N) is 2. The number of nitrogens with one attached hydrogen (secondary N) is 1. The Morgan fingerprint density at radius 1 is 1.48 bits per heavy atom. The number of amides is 1. The fourth-order valence-electron chi connectivity index (χ4n) is 2.20. The maximum absolute atomic E-state index is 11.4. The van der Waals surface area contributed by atoms with Gasteiger partial charge in [-0.05, 0) is 31.0 Å².